The second kappa shape index (κ2) is 7.98. The number of hydrogen-bond acceptors (Lipinski definition) is 4. The maximum Gasteiger partial charge on any atom is 0.276 e. The second-order valence-electron chi connectivity index (χ2n) is 4.42. The molecule has 8 heteroatoms. The van der Waals surface area contributed by atoms with Gasteiger partial charge in [-0.3, -0.25) is 0 Å². The Morgan fingerprint density at radius 3 is 2.61 bits per heavy atom. The number of nitrogens with zero attached hydrogens (tertiary/aromatic N) is 1. The Morgan fingerprint density at radius 2 is 1.96 bits per heavy atom. The third-order valence-electron chi connectivity index (χ3n) is 2.77. The van der Waals surface area contributed by atoms with Crippen molar-refractivity contribution in [2.45, 2.75) is 11.8 Å². The van der Waals surface area contributed by atoms with Gasteiger partial charge in [-0.2, -0.15) is 13.5 Å². The third kappa shape index (κ3) is 5.08. The van der Waals surface area contributed by atoms with Gasteiger partial charge in [0, 0.05) is 14.2 Å². The Bertz CT molecular complexity index is 808. The van der Waals surface area contributed by atoms with Crippen LogP contribution in [-0.2, 0) is 10.0 Å². The fourth-order valence-electron chi connectivity index (χ4n) is 1.74. The summed E-state index contributed by atoms with van der Waals surface area (Å²) in [6.45, 7) is 2.34. The lowest BCUT2D eigenvalue weighted by molar-refractivity contribution is 0.340. The van der Waals surface area contributed by atoms with Crippen molar-refractivity contribution < 1.29 is 13.2 Å². The van der Waals surface area contributed by atoms with E-state index in [0.29, 0.717) is 22.9 Å². The average molecular weight is 465 g/mol. The standard InChI is InChI=1S/C15H14ClIN2O3S/c1-2-22-15-8-3-12(16)9-11(15)10-18-19-23(20,21)14-6-4-13(17)5-7-14/h3-10,19H,2H2,1H3/b18-10-. The van der Waals surface area contributed by atoms with E-state index in [0.717, 1.165) is 3.57 Å². The minimum absolute atomic E-state index is 0.145. The molecule has 2 aromatic carbocycles. The molecule has 0 aliphatic rings. The number of rotatable bonds is 6. The van der Waals surface area contributed by atoms with Crippen molar-refractivity contribution in [1.82, 2.24) is 4.83 Å². The van der Waals surface area contributed by atoms with E-state index < -0.39 is 10.0 Å². The minimum Gasteiger partial charge on any atom is -0.493 e. The van der Waals surface area contributed by atoms with E-state index in [1.807, 2.05) is 6.92 Å². The summed E-state index contributed by atoms with van der Waals surface area (Å²) >= 11 is 8.04. The molecule has 5 nitrogen and oxygen atoms in total. The minimum atomic E-state index is -3.71. The van der Waals surface area contributed by atoms with Crippen LogP contribution in [0.4, 0.5) is 0 Å². The average Bonchev–Trinajstić information content (AvgIpc) is 2.50. The molecule has 0 aliphatic heterocycles. The van der Waals surface area contributed by atoms with Crippen LogP contribution >= 0.6 is 34.2 Å². The summed E-state index contributed by atoms with van der Waals surface area (Å²) in [5.41, 5.74) is 0.588. The normalized spacial score (nSPS) is 11.6. The van der Waals surface area contributed by atoms with Crippen molar-refractivity contribution in [1.29, 1.82) is 0 Å². The van der Waals surface area contributed by atoms with Gasteiger partial charge in [0.25, 0.3) is 10.0 Å². The Kier molecular flexibility index (Phi) is 6.25. The molecular formula is C15H14ClIN2O3S. The highest BCUT2D eigenvalue weighted by atomic mass is 127. The first-order chi connectivity index (χ1) is 10.9. The van der Waals surface area contributed by atoms with Gasteiger partial charge in [0.15, 0.2) is 0 Å². The summed E-state index contributed by atoms with van der Waals surface area (Å²) in [6.07, 6.45) is 1.36. The molecule has 23 heavy (non-hydrogen) atoms. The number of hydrogen-bond donors (Lipinski definition) is 1. The van der Waals surface area contributed by atoms with Crippen LogP contribution < -0.4 is 9.57 Å². The Morgan fingerprint density at radius 1 is 1.26 bits per heavy atom. The Labute approximate surface area is 153 Å². The molecule has 0 fully saturated rings. The van der Waals surface area contributed by atoms with Crippen molar-refractivity contribution in [3.05, 3.63) is 56.6 Å². The van der Waals surface area contributed by atoms with E-state index in [9.17, 15) is 8.42 Å². The van der Waals surface area contributed by atoms with Crippen LogP contribution in [0.1, 0.15) is 12.5 Å². The molecule has 0 saturated carbocycles. The molecule has 2 aromatic rings. The molecule has 0 heterocycles. The van der Waals surface area contributed by atoms with Crippen LogP contribution in [0.2, 0.25) is 5.02 Å². The van der Waals surface area contributed by atoms with Crippen molar-refractivity contribution in [2.75, 3.05) is 6.61 Å². The summed E-state index contributed by atoms with van der Waals surface area (Å²) in [5, 5.41) is 4.30. The molecule has 0 bridgehead atoms. The van der Waals surface area contributed by atoms with Gasteiger partial charge >= 0.3 is 0 Å². The van der Waals surface area contributed by atoms with Gasteiger partial charge in [-0.05, 0) is 72.0 Å². The van der Waals surface area contributed by atoms with Crippen LogP contribution in [-0.4, -0.2) is 21.2 Å². The van der Waals surface area contributed by atoms with Crippen LogP contribution in [0.5, 0.6) is 5.75 Å². The summed E-state index contributed by atoms with van der Waals surface area (Å²) in [6, 6.07) is 11.5. The zero-order valence-electron chi connectivity index (χ0n) is 12.2. The summed E-state index contributed by atoms with van der Waals surface area (Å²) in [4.78, 5) is 2.32. The van der Waals surface area contributed by atoms with E-state index in [1.165, 1.54) is 18.3 Å². The molecule has 0 radical (unpaired) electrons. The van der Waals surface area contributed by atoms with E-state index in [2.05, 4.69) is 32.5 Å². The number of sulfonamides is 1. The SMILES string of the molecule is CCOc1ccc(Cl)cc1/C=N\NS(=O)(=O)c1ccc(I)cc1. The molecule has 0 amide bonds. The monoisotopic (exact) mass is 464 g/mol. The predicted molar refractivity (Wildman–Crippen MR) is 99.7 cm³/mol. The third-order valence-corrected chi connectivity index (χ3v) is 4.96. The first-order valence-corrected chi connectivity index (χ1v) is 9.59. The van der Waals surface area contributed by atoms with E-state index >= 15 is 0 Å². The Balaban J connectivity index is 2.18. The van der Waals surface area contributed by atoms with E-state index in [1.54, 1.807) is 30.3 Å². The molecule has 0 atom stereocenters. The Hall–Kier alpha value is -1.32. The smallest absolute Gasteiger partial charge is 0.276 e. The molecule has 0 unspecified atom stereocenters. The maximum atomic E-state index is 12.1. The highest BCUT2D eigenvalue weighted by Crippen LogP contribution is 2.21. The molecule has 1 N–H and O–H groups in total. The number of ether oxygens (including phenoxy) is 1. The second-order valence-corrected chi connectivity index (χ2v) is 7.76. The first-order valence-electron chi connectivity index (χ1n) is 6.65. The molecule has 0 aliphatic carbocycles. The van der Waals surface area contributed by atoms with Gasteiger partial charge in [-0.25, -0.2) is 4.83 Å². The molecule has 122 valence electrons. The molecule has 0 saturated heterocycles. The lowest BCUT2D eigenvalue weighted by Crippen LogP contribution is -2.18. The number of nitrogens with one attached hydrogen (secondary N) is 1. The van der Waals surface area contributed by atoms with Gasteiger partial charge in [-0.1, -0.05) is 11.6 Å². The number of hydrazone groups is 1. The van der Waals surface area contributed by atoms with Crippen LogP contribution in [0.25, 0.3) is 0 Å². The van der Waals surface area contributed by atoms with Gasteiger partial charge < -0.3 is 4.74 Å². The molecule has 0 aromatic heterocycles. The lowest BCUT2D eigenvalue weighted by Gasteiger charge is -2.07. The molecule has 2 rings (SSSR count). The quantitative estimate of drug-likeness (QED) is 0.403. The van der Waals surface area contributed by atoms with Crippen molar-refractivity contribution >= 4 is 50.4 Å². The number of benzene rings is 2. The van der Waals surface area contributed by atoms with Gasteiger partial charge in [0.05, 0.1) is 17.7 Å². The van der Waals surface area contributed by atoms with Crippen LogP contribution in [0, 0.1) is 3.57 Å². The fourth-order valence-corrected chi connectivity index (χ4v) is 3.07. The topological polar surface area (TPSA) is 67.8 Å². The highest BCUT2D eigenvalue weighted by molar-refractivity contribution is 14.1. The summed E-state index contributed by atoms with van der Waals surface area (Å²) in [7, 11) is -3.71. The van der Waals surface area contributed by atoms with E-state index in [-0.39, 0.29) is 4.90 Å². The predicted octanol–water partition coefficient (Wildman–Crippen LogP) is 3.66. The van der Waals surface area contributed by atoms with Gasteiger partial charge in [0.2, 0.25) is 0 Å². The van der Waals surface area contributed by atoms with Crippen LogP contribution in [0.15, 0.2) is 52.5 Å². The first kappa shape index (κ1) is 18.0. The molecular weight excluding hydrogens is 451 g/mol. The fraction of sp³-hybridized carbons (Fsp3) is 0.133. The van der Waals surface area contributed by atoms with Crippen molar-refractivity contribution in [2.24, 2.45) is 5.10 Å². The largest absolute Gasteiger partial charge is 0.493 e. The maximum absolute atomic E-state index is 12.1. The number of halogens is 2. The lowest BCUT2D eigenvalue weighted by atomic mass is 10.2. The zero-order valence-corrected chi connectivity index (χ0v) is 15.9. The van der Waals surface area contributed by atoms with E-state index in [4.69, 9.17) is 16.3 Å². The zero-order chi connectivity index (χ0) is 16.9. The highest BCUT2D eigenvalue weighted by Gasteiger charge is 2.12. The van der Waals surface area contributed by atoms with Crippen LogP contribution in [0.3, 0.4) is 0 Å². The summed E-state index contributed by atoms with van der Waals surface area (Å²) in [5.74, 6) is 0.578. The van der Waals surface area contributed by atoms with Gasteiger partial charge in [-0.15, -0.1) is 0 Å². The molecule has 0 spiro atoms. The van der Waals surface area contributed by atoms with Gasteiger partial charge in [0.1, 0.15) is 5.75 Å². The van der Waals surface area contributed by atoms with Crippen molar-refractivity contribution in [3.8, 4) is 5.75 Å². The summed E-state index contributed by atoms with van der Waals surface area (Å²) < 4.78 is 30.6. The van der Waals surface area contributed by atoms with Crippen molar-refractivity contribution in [3.63, 3.8) is 0 Å².